The SMILES string of the molecule is CN(C)Cc1ccccc1.[Pt+2].c1ccc(P(c2ccccc2)c2ccccc2)cc1.c1cnc2[nH]ccc2c1. The van der Waals surface area contributed by atoms with Gasteiger partial charge in [0.1, 0.15) is 5.65 Å². The zero-order valence-electron chi connectivity index (χ0n) is 22.3. The molecule has 0 saturated carbocycles. The molecule has 39 heavy (non-hydrogen) atoms. The topological polar surface area (TPSA) is 31.9 Å². The molecule has 0 radical (unpaired) electrons. The van der Waals surface area contributed by atoms with Crippen molar-refractivity contribution in [2.75, 3.05) is 14.1 Å². The number of nitrogens with zero attached hydrogens (tertiary/aromatic N) is 2. The van der Waals surface area contributed by atoms with E-state index in [-0.39, 0.29) is 21.1 Å². The third kappa shape index (κ3) is 9.72. The van der Waals surface area contributed by atoms with Crippen molar-refractivity contribution in [3.05, 3.63) is 157 Å². The van der Waals surface area contributed by atoms with Crippen LogP contribution in [0.25, 0.3) is 11.0 Å². The molecule has 198 valence electrons. The molecular formula is C34H34N3PPt+2. The number of H-pyrrole nitrogens is 1. The maximum absolute atomic E-state index is 4.09. The predicted molar refractivity (Wildman–Crippen MR) is 165 cm³/mol. The van der Waals surface area contributed by atoms with Gasteiger partial charge in [-0.15, -0.1) is 0 Å². The molecule has 0 bridgehead atoms. The molecule has 5 heteroatoms. The van der Waals surface area contributed by atoms with Gasteiger partial charge in [-0.2, -0.15) is 0 Å². The number of aromatic nitrogens is 2. The smallest absolute Gasteiger partial charge is 0.346 e. The molecule has 0 amide bonds. The molecule has 6 rings (SSSR count). The van der Waals surface area contributed by atoms with Crippen LogP contribution in [0.2, 0.25) is 0 Å². The van der Waals surface area contributed by atoms with Crippen LogP contribution >= 0.6 is 7.92 Å². The Bertz CT molecular complexity index is 1330. The summed E-state index contributed by atoms with van der Waals surface area (Å²) in [4.78, 5) is 9.26. The molecule has 0 aliphatic rings. The van der Waals surface area contributed by atoms with Gasteiger partial charge in [-0.25, -0.2) is 4.98 Å². The van der Waals surface area contributed by atoms with E-state index in [2.05, 4.69) is 144 Å². The molecule has 0 spiro atoms. The Labute approximate surface area is 248 Å². The molecule has 0 saturated heterocycles. The van der Waals surface area contributed by atoms with Gasteiger partial charge in [0, 0.05) is 24.3 Å². The average molecular weight is 711 g/mol. The zero-order chi connectivity index (χ0) is 26.4. The largest absolute Gasteiger partial charge is 2.00 e. The number of hydrogen-bond acceptors (Lipinski definition) is 2. The first-order valence-electron chi connectivity index (χ1n) is 12.7. The van der Waals surface area contributed by atoms with Crippen molar-refractivity contribution in [2.45, 2.75) is 6.54 Å². The minimum absolute atomic E-state index is 0. The van der Waals surface area contributed by atoms with Gasteiger partial charge in [-0.1, -0.05) is 121 Å². The van der Waals surface area contributed by atoms with E-state index in [1.165, 1.54) is 21.5 Å². The van der Waals surface area contributed by atoms with Crippen molar-refractivity contribution < 1.29 is 21.1 Å². The van der Waals surface area contributed by atoms with E-state index in [0.29, 0.717) is 0 Å². The molecule has 4 aromatic carbocycles. The maximum Gasteiger partial charge on any atom is 2.00 e. The quantitative estimate of drug-likeness (QED) is 0.201. The standard InChI is InChI=1S/C18H15P.C9H13N.C7H6N2.Pt/c1-4-10-16(11-5-1)19(17-12-6-2-7-13-17)18-14-8-3-9-15-18;1-10(2)8-9-6-4-3-5-7-9;1-2-6-3-5-9-7(6)8-4-1;/h1-15H;3-7H,8H2,1-2H3;1-5H,(H,8,9);/q;;;+2. The summed E-state index contributed by atoms with van der Waals surface area (Å²) in [6.45, 7) is 1.03. The van der Waals surface area contributed by atoms with E-state index in [4.69, 9.17) is 0 Å². The molecule has 0 fully saturated rings. The first-order valence-corrected chi connectivity index (χ1v) is 14.1. The third-order valence-electron chi connectivity index (χ3n) is 5.71. The fourth-order valence-corrected chi connectivity index (χ4v) is 6.32. The van der Waals surface area contributed by atoms with Crippen LogP contribution in [0.1, 0.15) is 5.56 Å². The van der Waals surface area contributed by atoms with Gasteiger partial charge in [0.25, 0.3) is 0 Å². The Hall–Kier alpha value is -3.35. The summed E-state index contributed by atoms with van der Waals surface area (Å²) in [6, 6.07) is 48.7. The van der Waals surface area contributed by atoms with Crippen LogP contribution in [0.3, 0.4) is 0 Å². The van der Waals surface area contributed by atoms with Crippen molar-refractivity contribution in [3.63, 3.8) is 0 Å². The molecule has 2 heterocycles. The zero-order valence-corrected chi connectivity index (χ0v) is 25.5. The summed E-state index contributed by atoms with van der Waals surface area (Å²) in [5.74, 6) is 0. The Morgan fingerprint density at radius 1 is 0.590 bits per heavy atom. The van der Waals surface area contributed by atoms with Gasteiger partial charge >= 0.3 is 21.1 Å². The van der Waals surface area contributed by atoms with E-state index in [1.807, 2.05) is 30.5 Å². The second-order valence-electron chi connectivity index (χ2n) is 8.98. The van der Waals surface area contributed by atoms with Crippen LogP contribution in [0.4, 0.5) is 0 Å². The van der Waals surface area contributed by atoms with Crippen LogP contribution in [-0.2, 0) is 27.6 Å². The normalized spacial score (nSPS) is 10.2. The van der Waals surface area contributed by atoms with Gasteiger partial charge in [-0.05, 0) is 61.7 Å². The molecule has 3 nitrogen and oxygen atoms in total. The minimum Gasteiger partial charge on any atom is -0.346 e. The number of fused-ring (bicyclic) bond motifs is 1. The molecule has 1 N–H and O–H groups in total. The summed E-state index contributed by atoms with van der Waals surface area (Å²) in [7, 11) is 3.71. The van der Waals surface area contributed by atoms with E-state index in [0.717, 1.165) is 17.6 Å². The van der Waals surface area contributed by atoms with E-state index < -0.39 is 7.92 Å². The molecule has 2 aromatic heterocycles. The van der Waals surface area contributed by atoms with E-state index >= 15 is 0 Å². The second kappa shape index (κ2) is 16.6. The minimum atomic E-state index is -0.446. The van der Waals surface area contributed by atoms with Crippen LogP contribution in [-0.4, -0.2) is 29.0 Å². The first-order chi connectivity index (χ1) is 18.7. The van der Waals surface area contributed by atoms with Crippen molar-refractivity contribution >= 4 is 34.9 Å². The molecule has 6 aromatic rings. The number of aromatic amines is 1. The van der Waals surface area contributed by atoms with Gasteiger partial charge in [0.05, 0.1) is 0 Å². The molecule has 0 aliphatic heterocycles. The van der Waals surface area contributed by atoms with Crippen molar-refractivity contribution in [3.8, 4) is 0 Å². The van der Waals surface area contributed by atoms with Crippen LogP contribution in [0, 0.1) is 0 Å². The second-order valence-corrected chi connectivity index (χ2v) is 11.2. The average Bonchev–Trinajstić information content (AvgIpc) is 3.45. The monoisotopic (exact) mass is 710 g/mol. The Morgan fingerprint density at radius 3 is 1.49 bits per heavy atom. The van der Waals surface area contributed by atoms with E-state index in [1.54, 1.807) is 6.20 Å². The third-order valence-corrected chi connectivity index (χ3v) is 8.15. The molecule has 0 atom stereocenters. The Balaban J connectivity index is 0.000000177. The van der Waals surface area contributed by atoms with Crippen molar-refractivity contribution in [2.24, 2.45) is 0 Å². The summed E-state index contributed by atoms with van der Waals surface area (Å²) in [5, 5.41) is 5.36. The number of hydrogen-bond donors (Lipinski definition) is 1. The van der Waals surface area contributed by atoms with Crippen LogP contribution in [0.5, 0.6) is 0 Å². The van der Waals surface area contributed by atoms with Gasteiger partial charge in [0.15, 0.2) is 0 Å². The number of pyridine rings is 1. The van der Waals surface area contributed by atoms with Gasteiger partial charge in [-0.3, -0.25) is 0 Å². The molecular weight excluding hydrogens is 676 g/mol. The fourth-order valence-electron chi connectivity index (χ4n) is 4.01. The summed E-state index contributed by atoms with van der Waals surface area (Å²) in [6.07, 6.45) is 3.66. The predicted octanol–water partition coefficient (Wildman–Crippen LogP) is 6.75. The first kappa shape index (κ1) is 30.2. The summed E-state index contributed by atoms with van der Waals surface area (Å²) in [5.41, 5.74) is 2.32. The maximum atomic E-state index is 4.09. The Morgan fingerprint density at radius 2 is 1.05 bits per heavy atom. The number of benzene rings is 4. The van der Waals surface area contributed by atoms with Crippen molar-refractivity contribution in [1.82, 2.24) is 14.9 Å². The Kier molecular flexibility index (Phi) is 12.8. The number of rotatable bonds is 5. The van der Waals surface area contributed by atoms with Gasteiger partial charge < -0.3 is 9.88 Å². The van der Waals surface area contributed by atoms with Gasteiger partial charge in [0.2, 0.25) is 0 Å². The summed E-state index contributed by atoms with van der Waals surface area (Å²) < 4.78 is 0. The van der Waals surface area contributed by atoms with E-state index in [9.17, 15) is 0 Å². The molecule has 0 aliphatic carbocycles. The van der Waals surface area contributed by atoms with Crippen LogP contribution in [0.15, 0.2) is 152 Å². The number of nitrogens with one attached hydrogen (secondary N) is 1. The molecule has 0 unspecified atom stereocenters. The summed E-state index contributed by atoms with van der Waals surface area (Å²) >= 11 is 0. The fraction of sp³-hybridized carbons (Fsp3) is 0.0882. The van der Waals surface area contributed by atoms with Crippen LogP contribution < -0.4 is 15.9 Å². The van der Waals surface area contributed by atoms with Crippen molar-refractivity contribution in [1.29, 1.82) is 0 Å².